The van der Waals surface area contributed by atoms with E-state index in [2.05, 4.69) is 20.2 Å². The Labute approximate surface area is 303 Å². The second-order valence-corrected chi connectivity index (χ2v) is 12.8. The maximum atomic E-state index is 13.6. The molecule has 0 saturated carbocycles. The summed E-state index contributed by atoms with van der Waals surface area (Å²) in [6.07, 6.45) is -2.86. The third kappa shape index (κ3) is 6.71. The number of amides is 3. The minimum Gasteiger partial charge on any atom is -0.494 e. The average molecular weight is 726 g/mol. The molecule has 17 heteroatoms. The first-order valence-corrected chi connectivity index (χ1v) is 17.1. The van der Waals surface area contributed by atoms with E-state index in [0.29, 0.717) is 58.0 Å². The van der Waals surface area contributed by atoms with Crippen molar-refractivity contribution in [2.45, 2.75) is 66.1 Å². The lowest BCUT2D eigenvalue weighted by atomic mass is 10.1. The molecule has 278 valence electrons. The van der Waals surface area contributed by atoms with Crippen LogP contribution in [0, 0.1) is 13.8 Å². The minimum atomic E-state index is -1.43. The number of methoxy groups -OCH3 is 1. The Morgan fingerprint density at radius 1 is 0.774 bits per heavy atom. The van der Waals surface area contributed by atoms with Crippen LogP contribution in [-0.2, 0) is 40.3 Å². The third-order valence-corrected chi connectivity index (χ3v) is 9.25. The van der Waals surface area contributed by atoms with Crippen molar-refractivity contribution in [3.05, 3.63) is 88.1 Å². The van der Waals surface area contributed by atoms with E-state index in [9.17, 15) is 24.6 Å². The van der Waals surface area contributed by atoms with E-state index in [1.165, 1.54) is 7.11 Å². The summed E-state index contributed by atoms with van der Waals surface area (Å²) in [6, 6.07) is 13.5. The van der Waals surface area contributed by atoms with E-state index in [4.69, 9.17) is 10.5 Å². The number of aryl methyl sites for hydroxylation is 6. The molecule has 6 aromatic rings. The van der Waals surface area contributed by atoms with Crippen LogP contribution in [0.3, 0.4) is 0 Å². The predicted octanol–water partition coefficient (Wildman–Crippen LogP) is 1.33. The highest BCUT2D eigenvalue weighted by Gasteiger charge is 2.25. The van der Waals surface area contributed by atoms with Crippen LogP contribution in [0.15, 0.2) is 58.5 Å². The molecule has 3 amide bonds. The Kier molecular flexibility index (Phi) is 10.1. The van der Waals surface area contributed by atoms with E-state index < -0.39 is 29.9 Å². The number of aliphatic hydroxyl groups is 2. The molecule has 0 saturated heterocycles. The quantitative estimate of drug-likeness (QED) is 0.177. The normalized spacial score (nSPS) is 13.7. The molecule has 4 aromatic heterocycles. The number of para-hydroxylation sites is 1. The first-order chi connectivity index (χ1) is 25.3. The number of nitrogens with two attached hydrogens (primary N) is 1. The molecule has 0 bridgehead atoms. The average Bonchev–Trinajstić information content (AvgIpc) is 3.86. The number of hydrogen-bond donors (Lipinski definition) is 3. The SMILES string of the molecule is CCn1nc(C)cc1C(=O)N=c1n(C)c2cc(C(N)=O)ccc2n1CC(O)C(O)Cn1c(=NC(=O)c2cc(C)nn2CC)n(C)c2cccc(OC)c21. The molecule has 0 radical (unpaired) electrons. The van der Waals surface area contributed by atoms with Crippen LogP contribution in [0.5, 0.6) is 5.75 Å². The molecule has 6 rings (SSSR count). The molecular formula is C36H43N11O6. The van der Waals surface area contributed by atoms with Gasteiger partial charge in [-0.05, 0) is 70.2 Å². The Morgan fingerprint density at radius 2 is 1.30 bits per heavy atom. The highest BCUT2D eigenvalue weighted by atomic mass is 16.5. The van der Waals surface area contributed by atoms with Gasteiger partial charge in [0.1, 0.15) is 22.7 Å². The van der Waals surface area contributed by atoms with Crippen molar-refractivity contribution in [2.75, 3.05) is 7.11 Å². The molecule has 4 heterocycles. The number of primary amides is 1. The van der Waals surface area contributed by atoms with Crippen molar-refractivity contribution in [2.24, 2.45) is 29.8 Å². The number of nitrogens with zero attached hydrogens (tertiary/aromatic N) is 10. The first kappa shape index (κ1) is 36.7. The summed E-state index contributed by atoms with van der Waals surface area (Å²) in [6.45, 7) is 7.82. The zero-order valence-corrected chi connectivity index (χ0v) is 30.7. The Morgan fingerprint density at radius 3 is 1.83 bits per heavy atom. The lowest BCUT2D eigenvalue weighted by Crippen LogP contribution is -2.40. The van der Waals surface area contributed by atoms with Gasteiger partial charge in [0.15, 0.2) is 0 Å². The van der Waals surface area contributed by atoms with Gasteiger partial charge in [0, 0.05) is 32.7 Å². The van der Waals surface area contributed by atoms with Crippen LogP contribution in [0.2, 0.25) is 0 Å². The first-order valence-electron chi connectivity index (χ1n) is 17.1. The number of rotatable bonds is 11. The number of ether oxygens (including phenoxy) is 1. The Bertz CT molecular complexity index is 2540. The zero-order valence-electron chi connectivity index (χ0n) is 30.7. The lowest BCUT2D eigenvalue weighted by molar-refractivity contribution is -0.000192. The van der Waals surface area contributed by atoms with Crippen molar-refractivity contribution in [3.63, 3.8) is 0 Å². The van der Waals surface area contributed by atoms with Gasteiger partial charge in [-0.2, -0.15) is 20.2 Å². The Balaban J connectivity index is 1.44. The summed E-state index contributed by atoms with van der Waals surface area (Å²) in [5, 5.41) is 32.1. The molecule has 0 fully saturated rings. The van der Waals surface area contributed by atoms with Gasteiger partial charge in [0.25, 0.3) is 11.8 Å². The standard InChI is InChI=1S/C36H43N11O6/c1-8-46-26(15-20(3)40-46)33(51)38-35-43(6)25-17-22(32(37)50)13-14-23(25)44(35)18-28(48)29(49)19-45-31-24(11-10-12-30(31)53-7)42(5)36(45)39-34(52)27-16-21(4)41-47(27)9-2/h10-17,28-29,48-49H,8-9,18-19H2,1-7H3,(H2,37,50). The van der Waals surface area contributed by atoms with E-state index >= 15 is 0 Å². The number of hydrogen-bond acceptors (Lipinski definition) is 8. The fourth-order valence-corrected chi connectivity index (χ4v) is 6.63. The molecule has 0 aliphatic carbocycles. The van der Waals surface area contributed by atoms with Crippen molar-refractivity contribution >= 4 is 39.8 Å². The fraction of sp³-hybridized carbons (Fsp3) is 0.361. The van der Waals surface area contributed by atoms with E-state index in [0.717, 1.165) is 0 Å². The third-order valence-electron chi connectivity index (χ3n) is 9.25. The van der Waals surface area contributed by atoms with Gasteiger partial charge in [-0.3, -0.25) is 23.7 Å². The molecule has 0 aliphatic heterocycles. The van der Waals surface area contributed by atoms with Gasteiger partial charge in [0.2, 0.25) is 17.1 Å². The molecule has 17 nitrogen and oxygen atoms in total. The van der Waals surface area contributed by atoms with Gasteiger partial charge >= 0.3 is 0 Å². The number of fused-ring (bicyclic) bond motifs is 2. The van der Waals surface area contributed by atoms with Crippen molar-refractivity contribution in [1.29, 1.82) is 0 Å². The largest absolute Gasteiger partial charge is 0.494 e. The fourth-order valence-electron chi connectivity index (χ4n) is 6.63. The highest BCUT2D eigenvalue weighted by molar-refractivity contribution is 5.97. The smallest absolute Gasteiger partial charge is 0.298 e. The molecule has 0 aliphatic rings. The van der Waals surface area contributed by atoms with Crippen LogP contribution >= 0.6 is 0 Å². The molecule has 4 N–H and O–H groups in total. The summed E-state index contributed by atoms with van der Waals surface area (Å²) < 4.78 is 15.4. The van der Waals surface area contributed by atoms with Crippen LogP contribution in [-0.4, -0.2) is 85.1 Å². The second kappa shape index (κ2) is 14.5. The molecule has 2 unspecified atom stereocenters. The van der Waals surface area contributed by atoms with Crippen LogP contribution < -0.4 is 21.7 Å². The van der Waals surface area contributed by atoms with Crippen molar-refractivity contribution in [1.82, 2.24) is 37.8 Å². The van der Waals surface area contributed by atoms with Gasteiger partial charge in [-0.15, -0.1) is 0 Å². The minimum absolute atomic E-state index is 0.156. The molecule has 2 aromatic carbocycles. The number of aromatic nitrogens is 8. The number of aliphatic hydroxyl groups excluding tert-OH is 2. The maximum Gasteiger partial charge on any atom is 0.298 e. The van der Waals surface area contributed by atoms with Crippen molar-refractivity contribution < 1.29 is 29.3 Å². The van der Waals surface area contributed by atoms with Crippen molar-refractivity contribution in [3.8, 4) is 5.75 Å². The highest BCUT2D eigenvalue weighted by Crippen LogP contribution is 2.25. The van der Waals surface area contributed by atoms with E-state index in [-0.39, 0.29) is 35.6 Å². The van der Waals surface area contributed by atoms with Crippen LogP contribution in [0.25, 0.3) is 22.1 Å². The second-order valence-electron chi connectivity index (χ2n) is 12.8. The number of benzene rings is 2. The maximum absolute atomic E-state index is 13.6. The topological polar surface area (TPSA) is 207 Å². The van der Waals surface area contributed by atoms with Gasteiger partial charge in [0.05, 0.1) is 60.3 Å². The Hall–Kier alpha value is -6.07. The van der Waals surface area contributed by atoms with Gasteiger partial charge in [-0.1, -0.05) is 6.07 Å². The summed E-state index contributed by atoms with van der Waals surface area (Å²) >= 11 is 0. The van der Waals surface area contributed by atoms with Gasteiger partial charge < -0.3 is 39.0 Å². The summed E-state index contributed by atoms with van der Waals surface area (Å²) in [7, 11) is 4.94. The number of imidazole rings is 2. The van der Waals surface area contributed by atoms with E-state index in [1.54, 1.807) is 98.0 Å². The molecular weight excluding hydrogens is 682 g/mol. The van der Waals surface area contributed by atoms with Gasteiger partial charge in [-0.25, -0.2) is 0 Å². The summed E-state index contributed by atoms with van der Waals surface area (Å²) in [5.74, 6) is -1.26. The molecule has 2 atom stereocenters. The lowest BCUT2D eigenvalue weighted by Gasteiger charge is -2.20. The summed E-state index contributed by atoms with van der Waals surface area (Å²) in [4.78, 5) is 48.2. The molecule has 0 spiro atoms. The van der Waals surface area contributed by atoms with E-state index in [1.807, 2.05) is 19.9 Å². The van der Waals surface area contributed by atoms with Crippen LogP contribution in [0.4, 0.5) is 0 Å². The van der Waals surface area contributed by atoms with Crippen LogP contribution in [0.1, 0.15) is 56.6 Å². The monoisotopic (exact) mass is 725 g/mol. The number of carbonyl (C=O) groups excluding carboxylic acids is 3. The molecule has 53 heavy (non-hydrogen) atoms. The zero-order chi connectivity index (χ0) is 38.3. The summed E-state index contributed by atoms with van der Waals surface area (Å²) in [5.41, 5.74) is 10.4. The number of carbonyl (C=O) groups is 3. The predicted molar refractivity (Wildman–Crippen MR) is 194 cm³/mol.